The summed E-state index contributed by atoms with van der Waals surface area (Å²) < 4.78 is 0. The van der Waals surface area contributed by atoms with E-state index in [1.165, 1.54) is 76.8 Å². The molecule has 0 unspecified atom stereocenters. The predicted molar refractivity (Wildman–Crippen MR) is 209 cm³/mol. The molecule has 0 saturated carbocycles. The molecule has 0 spiro atoms. The van der Waals surface area contributed by atoms with Gasteiger partial charge < -0.3 is 24.8 Å². The van der Waals surface area contributed by atoms with Crippen molar-refractivity contribution in [2.75, 3.05) is 0 Å². The monoisotopic (exact) mass is 782 g/mol. The third-order valence-electron chi connectivity index (χ3n) is 8.68. The van der Waals surface area contributed by atoms with Crippen LogP contribution in [0.2, 0.25) is 13.1 Å². The van der Waals surface area contributed by atoms with Crippen LogP contribution < -0.4 is 24.8 Å². The summed E-state index contributed by atoms with van der Waals surface area (Å²) in [7, 11) is 0. The fourth-order valence-corrected chi connectivity index (χ4v) is 6.41. The van der Waals surface area contributed by atoms with Crippen LogP contribution >= 0.6 is 0 Å². The van der Waals surface area contributed by atoms with E-state index in [9.17, 15) is 0 Å². The molecule has 0 heterocycles. The van der Waals surface area contributed by atoms with Gasteiger partial charge in [-0.15, -0.1) is 63.0 Å². The van der Waals surface area contributed by atoms with E-state index < -0.39 is 0 Å². The number of hydrogen-bond donors (Lipinski definition) is 0. The molecule has 0 aliphatic carbocycles. The first-order chi connectivity index (χ1) is 23.3. The number of fused-ring (bicyclic) bond motifs is 3. The second kappa shape index (κ2) is 18.1. The van der Waals surface area contributed by atoms with Gasteiger partial charge in [0.25, 0.3) is 0 Å². The van der Waals surface area contributed by atoms with Crippen LogP contribution in [0.1, 0.15) is 30.9 Å². The van der Waals surface area contributed by atoms with E-state index in [0.717, 1.165) is 0 Å². The molecule has 0 nitrogen and oxygen atoms in total. The van der Waals surface area contributed by atoms with Crippen molar-refractivity contribution >= 4 is 37.8 Å². The van der Waals surface area contributed by atoms with E-state index in [2.05, 4.69) is 192 Å². The fraction of sp³-hybridized carbons (Fsp3) is 0.130. The summed E-state index contributed by atoms with van der Waals surface area (Å²) in [6.07, 6.45) is 0. The average molecular weight is 785 g/mol. The second-order valence-corrected chi connectivity index (χ2v) is 22.4. The molecule has 0 saturated heterocycles. The van der Waals surface area contributed by atoms with Crippen LogP contribution in [0.5, 0.6) is 0 Å². The van der Waals surface area contributed by atoms with Gasteiger partial charge in [-0.05, 0) is 33.4 Å². The molecule has 0 fully saturated rings. The molecule has 0 aliphatic rings. The Morgan fingerprint density at radius 3 is 1.70 bits per heavy atom. The largest absolute Gasteiger partial charge is 1.00 e. The van der Waals surface area contributed by atoms with Crippen LogP contribution in [-0.2, 0) is 23.3 Å². The van der Waals surface area contributed by atoms with Gasteiger partial charge in [-0.2, -0.15) is 12.1 Å². The fourth-order valence-electron chi connectivity index (χ4n) is 6.41. The molecule has 8 aromatic carbocycles. The molecule has 50 heavy (non-hydrogen) atoms. The number of benzene rings is 6. The summed E-state index contributed by atoms with van der Waals surface area (Å²) in [4.78, 5) is 0. The molecular weight excluding hydrogens is 743 g/mol. The maximum atomic E-state index is 2.36. The Morgan fingerprint density at radius 1 is 0.500 bits per heavy atom. The SMILES string of the molecule is CC(C)c1cc2c(-c3cccc4ccccc34)cccc2[cH-]1.C[Si](C)=[Zr+2].Cc1cc2c(-c3ccccc3)cc(-c3ccccc3)cc2[cH-]1.[Cl-].[Cl-]. The van der Waals surface area contributed by atoms with Crippen molar-refractivity contribution in [2.45, 2.75) is 39.8 Å². The summed E-state index contributed by atoms with van der Waals surface area (Å²) in [6, 6.07) is 56.9. The summed E-state index contributed by atoms with van der Waals surface area (Å²) >= 11 is 1.74. The first-order valence-electron chi connectivity index (χ1n) is 16.8. The predicted octanol–water partition coefficient (Wildman–Crippen LogP) is 7.50. The third-order valence-corrected chi connectivity index (χ3v) is 8.68. The van der Waals surface area contributed by atoms with Gasteiger partial charge in [0.15, 0.2) is 0 Å². The summed E-state index contributed by atoms with van der Waals surface area (Å²) in [5.41, 5.74) is 10.7. The Kier molecular flexibility index (Phi) is 14.2. The van der Waals surface area contributed by atoms with Crippen molar-refractivity contribution in [3.05, 3.63) is 169 Å². The summed E-state index contributed by atoms with van der Waals surface area (Å²) in [5, 5.41) is 7.98. The minimum absolute atomic E-state index is 0. The van der Waals surface area contributed by atoms with Gasteiger partial charge in [-0.1, -0.05) is 153 Å². The van der Waals surface area contributed by atoms with Gasteiger partial charge in [0.1, 0.15) is 0 Å². The number of halogens is 2. The third kappa shape index (κ3) is 9.22. The number of hydrogen-bond acceptors (Lipinski definition) is 0. The topological polar surface area (TPSA) is 0 Å². The van der Waals surface area contributed by atoms with E-state index in [1.54, 1.807) is 23.3 Å². The number of aryl methyl sites for hydroxylation is 1. The van der Waals surface area contributed by atoms with E-state index >= 15 is 0 Å². The summed E-state index contributed by atoms with van der Waals surface area (Å²) in [5.74, 6) is 0.563. The number of rotatable bonds is 4. The molecule has 0 bridgehead atoms. The molecule has 0 amide bonds. The van der Waals surface area contributed by atoms with Crippen LogP contribution in [-0.4, -0.2) is 5.43 Å². The normalized spacial score (nSPS) is 10.5. The molecule has 4 heteroatoms. The van der Waals surface area contributed by atoms with E-state index in [1.807, 2.05) is 0 Å². The Hall–Kier alpha value is -3.52. The van der Waals surface area contributed by atoms with Crippen molar-refractivity contribution in [3.8, 4) is 33.4 Å². The van der Waals surface area contributed by atoms with Crippen molar-refractivity contribution in [1.82, 2.24) is 0 Å². The first kappa shape index (κ1) is 39.3. The molecule has 0 N–H and O–H groups in total. The molecule has 0 aliphatic heterocycles. The standard InChI is InChI=1S/C22H19.C22H17.C2H6Si.2ClH.Zr/c1-15(2)18-13-17-9-6-12-21(22(17)14-18)20-11-5-8-16-7-3-4-10-19(16)20;1-16-12-20-14-19(17-8-4-2-5-9-17)15-22(21(20)13-16)18-10-6-3-7-11-18;1-3-2;;;/h3-15H,1-2H3;2-15H,1H3;1-2H3;2*1H;/q2*-1;;;;+2/p-2. The molecule has 8 aromatic rings. The average Bonchev–Trinajstić information content (AvgIpc) is 3.72. The van der Waals surface area contributed by atoms with E-state index in [4.69, 9.17) is 0 Å². The molecule has 0 atom stereocenters. The van der Waals surface area contributed by atoms with Crippen LogP contribution in [0, 0.1) is 6.92 Å². The molecule has 0 radical (unpaired) electrons. The van der Waals surface area contributed by atoms with Gasteiger partial charge in [-0.25, -0.2) is 0 Å². The van der Waals surface area contributed by atoms with Gasteiger partial charge in [0, 0.05) is 0 Å². The molecule has 0 aromatic heterocycles. The Balaban J connectivity index is 0.000000196. The summed E-state index contributed by atoms with van der Waals surface area (Å²) in [6.45, 7) is 11.3. The maximum absolute atomic E-state index is 2.36. The van der Waals surface area contributed by atoms with Crippen molar-refractivity contribution in [2.24, 2.45) is 0 Å². The van der Waals surface area contributed by atoms with Crippen molar-refractivity contribution in [1.29, 1.82) is 0 Å². The van der Waals surface area contributed by atoms with Crippen LogP contribution in [0.15, 0.2) is 158 Å². The van der Waals surface area contributed by atoms with Crippen molar-refractivity contribution < 1.29 is 48.1 Å². The Labute approximate surface area is 325 Å². The minimum Gasteiger partial charge on any atom is -1.00 e. The Bertz CT molecular complexity index is 2300. The molecular formula is C46H42Cl2SiZr-2. The van der Waals surface area contributed by atoms with Gasteiger partial charge in [-0.3, -0.25) is 0 Å². The van der Waals surface area contributed by atoms with E-state index in [0.29, 0.717) is 5.92 Å². The zero-order chi connectivity index (χ0) is 33.6. The van der Waals surface area contributed by atoms with Crippen molar-refractivity contribution in [3.63, 3.8) is 0 Å². The zero-order valence-corrected chi connectivity index (χ0v) is 34.3. The van der Waals surface area contributed by atoms with Crippen LogP contribution in [0.4, 0.5) is 0 Å². The Morgan fingerprint density at radius 2 is 1.04 bits per heavy atom. The zero-order valence-electron chi connectivity index (χ0n) is 29.3. The van der Waals surface area contributed by atoms with E-state index in [-0.39, 0.29) is 30.2 Å². The van der Waals surface area contributed by atoms with Gasteiger partial charge >= 0.3 is 41.9 Å². The smallest absolute Gasteiger partial charge is 0.0277 e. The molecule has 8 rings (SSSR count). The first-order valence-corrected chi connectivity index (χ1v) is 23.0. The van der Waals surface area contributed by atoms with Crippen LogP contribution in [0.3, 0.4) is 0 Å². The second-order valence-electron chi connectivity index (χ2n) is 13.1. The minimum atomic E-state index is 0. The molecule has 250 valence electrons. The van der Waals surface area contributed by atoms with Gasteiger partial charge in [0.05, 0.1) is 0 Å². The quantitative estimate of drug-likeness (QED) is 0.128. The van der Waals surface area contributed by atoms with Gasteiger partial charge in [0.2, 0.25) is 0 Å². The maximum Gasteiger partial charge on any atom is -0.0277 e. The van der Waals surface area contributed by atoms with Crippen LogP contribution in [0.25, 0.3) is 65.7 Å².